The Bertz CT molecular complexity index is 310. The molecule has 0 saturated carbocycles. The van der Waals surface area contributed by atoms with Gasteiger partial charge in [0.2, 0.25) is 0 Å². The fourth-order valence-corrected chi connectivity index (χ4v) is 1.24. The molecule has 0 aliphatic rings. The molecule has 0 N–H and O–H groups in total. The van der Waals surface area contributed by atoms with Crippen LogP contribution in [0.5, 0.6) is 5.75 Å². The van der Waals surface area contributed by atoms with Gasteiger partial charge in [0.1, 0.15) is 5.75 Å². The second-order valence-corrected chi connectivity index (χ2v) is 4.59. The minimum Gasteiger partial charge on any atom is -0.497 e. The van der Waals surface area contributed by atoms with E-state index in [1.807, 2.05) is 24.3 Å². The lowest BCUT2D eigenvalue weighted by atomic mass is 10.2. The average molecular weight is 273 g/mol. The highest BCUT2D eigenvalue weighted by Gasteiger charge is 2.16. The molecule has 15 heavy (non-hydrogen) atoms. The predicted molar refractivity (Wildman–Crippen MR) is 65.7 cm³/mol. The molecule has 0 aliphatic heterocycles. The number of ether oxygens (including phenoxy) is 2. The lowest BCUT2D eigenvalue weighted by molar-refractivity contribution is -0.0104. The fraction of sp³-hybridized carbons (Fsp3) is 0.500. The van der Waals surface area contributed by atoms with Crippen molar-refractivity contribution in [2.45, 2.75) is 26.1 Å². The van der Waals surface area contributed by atoms with Crippen molar-refractivity contribution < 1.29 is 9.47 Å². The van der Waals surface area contributed by atoms with Crippen LogP contribution in [0.15, 0.2) is 24.3 Å². The number of methoxy groups -OCH3 is 1. The number of halogens is 1. The van der Waals surface area contributed by atoms with Crippen LogP contribution in [0.3, 0.4) is 0 Å². The molecular weight excluding hydrogens is 256 g/mol. The first-order valence-electron chi connectivity index (χ1n) is 4.90. The zero-order valence-corrected chi connectivity index (χ0v) is 11.0. The highest BCUT2D eigenvalue weighted by atomic mass is 79.9. The molecule has 1 rings (SSSR count). The van der Waals surface area contributed by atoms with Gasteiger partial charge in [0, 0.05) is 5.33 Å². The van der Waals surface area contributed by atoms with Crippen molar-refractivity contribution in [3.05, 3.63) is 29.8 Å². The molecule has 1 aromatic rings. The van der Waals surface area contributed by atoms with Gasteiger partial charge >= 0.3 is 0 Å². The number of hydrogen-bond acceptors (Lipinski definition) is 2. The van der Waals surface area contributed by atoms with Gasteiger partial charge in [0.25, 0.3) is 0 Å². The number of alkyl halides is 1. The Morgan fingerprint density at radius 3 is 2.67 bits per heavy atom. The van der Waals surface area contributed by atoms with Gasteiger partial charge in [0.15, 0.2) is 0 Å². The largest absolute Gasteiger partial charge is 0.497 e. The van der Waals surface area contributed by atoms with Crippen molar-refractivity contribution in [1.82, 2.24) is 0 Å². The molecule has 0 spiro atoms. The second kappa shape index (κ2) is 5.52. The maximum Gasteiger partial charge on any atom is 0.119 e. The van der Waals surface area contributed by atoms with Crippen LogP contribution < -0.4 is 4.74 Å². The van der Waals surface area contributed by atoms with Crippen molar-refractivity contribution in [2.24, 2.45) is 0 Å². The Balaban J connectivity index is 2.57. The maximum atomic E-state index is 5.76. The molecule has 0 bridgehead atoms. The lowest BCUT2D eigenvalue weighted by Crippen LogP contribution is -2.25. The predicted octanol–water partition coefficient (Wildman–Crippen LogP) is 3.39. The molecule has 0 saturated heterocycles. The van der Waals surface area contributed by atoms with E-state index in [2.05, 4.69) is 29.8 Å². The smallest absolute Gasteiger partial charge is 0.119 e. The third-order valence-electron chi connectivity index (χ3n) is 2.09. The summed E-state index contributed by atoms with van der Waals surface area (Å²) in [6.45, 7) is 4.72. The van der Waals surface area contributed by atoms with E-state index in [0.717, 1.165) is 16.6 Å². The van der Waals surface area contributed by atoms with Crippen LogP contribution in [0.1, 0.15) is 19.4 Å². The summed E-state index contributed by atoms with van der Waals surface area (Å²) in [6.07, 6.45) is 0. The average Bonchev–Trinajstić information content (AvgIpc) is 2.27. The molecule has 0 amide bonds. The Kier molecular flexibility index (Phi) is 4.61. The maximum absolute atomic E-state index is 5.76. The summed E-state index contributed by atoms with van der Waals surface area (Å²) in [5.41, 5.74) is 0.992. The Hall–Kier alpha value is -0.540. The summed E-state index contributed by atoms with van der Waals surface area (Å²) >= 11 is 3.42. The summed E-state index contributed by atoms with van der Waals surface area (Å²) in [4.78, 5) is 0. The summed E-state index contributed by atoms with van der Waals surface area (Å²) in [6, 6.07) is 7.93. The van der Waals surface area contributed by atoms with Gasteiger partial charge < -0.3 is 9.47 Å². The van der Waals surface area contributed by atoms with E-state index in [0.29, 0.717) is 6.61 Å². The molecule has 3 heteroatoms. The van der Waals surface area contributed by atoms with Gasteiger partial charge in [-0.2, -0.15) is 0 Å². The zero-order valence-electron chi connectivity index (χ0n) is 9.42. The van der Waals surface area contributed by atoms with Crippen LogP contribution >= 0.6 is 15.9 Å². The van der Waals surface area contributed by atoms with E-state index >= 15 is 0 Å². The minimum atomic E-state index is -0.136. The first kappa shape index (κ1) is 12.5. The van der Waals surface area contributed by atoms with E-state index in [1.54, 1.807) is 7.11 Å². The van der Waals surface area contributed by atoms with Crippen LogP contribution in [-0.4, -0.2) is 18.0 Å². The minimum absolute atomic E-state index is 0.136. The van der Waals surface area contributed by atoms with Gasteiger partial charge in [-0.1, -0.05) is 28.1 Å². The molecule has 0 aliphatic carbocycles. The van der Waals surface area contributed by atoms with E-state index in [-0.39, 0.29) is 5.60 Å². The summed E-state index contributed by atoms with van der Waals surface area (Å²) in [7, 11) is 1.67. The molecule has 0 atom stereocenters. The molecule has 0 heterocycles. The Morgan fingerprint density at radius 2 is 2.07 bits per heavy atom. The van der Waals surface area contributed by atoms with Gasteiger partial charge in [-0.15, -0.1) is 0 Å². The number of benzene rings is 1. The van der Waals surface area contributed by atoms with Crippen LogP contribution in [-0.2, 0) is 11.3 Å². The molecule has 2 nitrogen and oxygen atoms in total. The number of hydrogen-bond donors (Lipinski definition) is 0. The summed E-state index contributed by atoms with van der Waals surface area (Å²) < 4.78 is 10.9. The fourth-order valence-electron chi connectivity index (χ4n) is 1.08. The molecular formula is C12H17BrO2. The topological polar surface area (TPSA) is 18.5 Å². The van der Waals surface area contributed by atoms with Gasteiger partial charge in [-0.05, 0) is 31.5 Å². The van der Waals surface area contributed by atoms with E-state index in [9.17, 15) is 0 Å². The van der Waals surface area contributed by atoms with Crippen LogP contribution in [0.2, 0.25) is 0 Å². The van der Waals surface area contributed by atoms with Crippen LogP contribution in [0.25, 0.3) is 0 Å². The van der Waals surface area contributed by atoms with Crippen LogP contribution in [0.4, 0.5) is 0 Å². The van der Waals surface area contributed by atoms with Crippen molar-refractivity contribution in [3.8, 4) is 5.75 Å². The van der Waals surface area contributed by atoms with Gasteiger partial charge in [-0.3, -0.25) is 0 Å². The molecule has 84 valence electrons. The normalized spacial score (nSPS) is 11.5. The zero-order chi connectivity index (χ0) is 11.3. The van der Waals surface area contributed by atoms with Crippen molar-refractivity contribution >= 4 is 15.9 Å². The summed E-state index contributed by atoms with van der Waals surface area (Å²) in [5.74, 6) is 0.868. The quantitative estimate of drug-likeness (QED) is 0.766. The van der Waals surface area contributed by atoms with Gasteiger partial charge in [-0.25, -0.2) is 0 Å². The lowest BCUT2D eigenvalue weighted by Gasteiger charge is -2.22. The van der Waals surface area contributed by atoms with Crippen LogP contribution in [0, 0.1) is 0 Å². The molecule has 0 radical (unpaired) electrons. The van der Waals surface area contributed by atoms with Gasteiger partial charge in [0.05, 0.1) is 19.3 Å². The Labute approximate surface area is 99.7 Å². The monoisotopic (exact) mass is 272 g/mol. The van der Waals surface area contributed by atoms with Crippen molar-refractivity contribution in [2.75, 3.05) is 12.4 Å². The third kappa shape index (κ3) is 4.22. The Morgan fingerprint density at radius 1 is 1.33 bits per heavy atom. The molecule has 0 fully saturated rings. The molecule has 0 unspecified atom stereocenters. The van der Waals surface area contributed by atoms with Crippen molar-refractivity contribution in [1.29, 1.82) is 0 Å². The standard InChI is InChI=1S/C12H17BrO2/c1-12(2,9-13)15-8-10-5-4-6-11(7-10)14-3/h4-7H,8-9H2,1-3H3. The molecule has 1 aromatic carbocycles. The first-order chi connectivity index (χ1) is 7.07. The third-order valence-corrected chi connectivity index (χ3v) is 3.44. The van der Waals surface area contributed by atoms with E-state index < -0.39 is 0 Å². The van der Waals surface area contributed by atoms with E-state index in [1.165, 1.54) is 0 Å². The number of rotatable bonds is 5. The highest BCUT2D eigenvalue weighted by Crippen LogP contribution is 2.18. The first-order valence-corrected chi connectivity index (χ1v) is 6.02. The van der Waals surface area contributed by atoms with Crippen molar-refractivity contribution in [3.63, 3.8) is 0 Å². The summed E-state index contributed by atoms with van der Waals surface area (Å²) in [5, 5.41) is 0.823. The van der Waals surface area contributed by atoms with E-state index in [4.69, 9.17) is 9.47 Å². The highest BCUT2D eigenvalue weighted by molar-refractivity contribution is 9.09. The second-order valence-electron chi connectivity index (χ2n) is 4.03. The SMILES string of the molecule is COc1cccc(COC(C)(C)CBr)c1. The molecule has 0 aromatic heterocycles.